The minimum Gasteiger partial charge on any atom is -0.506 e. The minimum absolute atomic E-state index is 0.134. The zero-order valence-electron chi connectivity index (χ0n) is 9.83. The highest BCUT2D eigenvalue weighted by atomic mass is 16.3. The van der Waals surface area contributed by atoms with Crippen LogP contribution in [0.15, 0.2) is 30.5 Å². The second kappa shape index (κ2) is 4.18. The molecule has 90 valence electrons. The van der Waals surface area contributed by atoms with Crippen molar-refractivity contribution in [2.75, 3.05) is 0 Å². The Balaban J connectivity index is 2.41. The Bertz CT molecular complexity index is 514. The van der Waals surface area contributed by atoms with Gasteiger partial charge in [0.25, 0.3) is 0 Å². The summed E-state index contributed by atoms with van der Waals surface area (Å²) in [5.74, 6) is 0.134. The van der Waals surface area contributed by atoms with Crippen molar-refractivity contribution in [2.45, 2.75) is 25.9 Å². The van der Waals surface area contributed by atoms with E-state index < -0.39 is 5.60 Å². The molecule has 0 fully saturated rings. The van der Waals surface area contributed by atoms with Crippen molar-refractivity contribution in [3.8, 4) is 11.4 Å². The zero-order chi connectivity index (χ0) is 12.5. The molecule has 0 saturated carbocycles. The summed E-state index contributed by atoms with van der Waals surface area (Å²) in [5.41, 5.74) is 0.465. The van der Waals surface area contributed by atoms with Gasteiger partial charge in [0, 0.05) is 6.42 Å². The van der Waals surface area contributed by atoms with E-state index in [9.17, 15) is 10.2 Å². The van der Waals surface area contributed by atoms with Gasteiger partial charge in [-0.1, -0.05) is 17.3 Å². The number of aliphatic hydroxyl groups is 1. The third-order valence-electron chi connectivity index (χ3n) is 2.34. The fraction of sp³-hybridized carbons (Fsp3) is 0.333. The lowest BCUT2D eigenvalue weighted by molar-refractivity contribution is 0.0793. The van der Waals surface area contributed by atoms with E-state index >= 15 is 0 Å². The lowest BCUT2D eigenvalue weighted by atomic mass is 10.0. The van der Waals surface area contributed by atoms with Crippen molar-refractivity contribution in [1.29, 1.82) is 0 Å². The highest BCUT2D eigenvalue weighted by Crippen LogP contribution is 2.22. The van der Waals surface area contributed by atoms with Crippen LogP contribution in [0.3, 0.4) is 0 Å². The average molecular weight is 233 g/mol. The summed E-state index contributed by atoms with van der Waals surface area (Å²) in [6.45, 7) is 3.43. The first-order valence-electron chi connectivity index (χ1n) is 5.38. The van der Waals surface area contributed by atoms with Crippen LogP contribution in [0.25, 0.3) is 5.69 Å². The molecule has 0 bridgehead atoms. The quantitative estimate of drug-likeness (QED) is 0.838. The molecular formula is C12H15N3O2. The largest absolute Gasteiger partial charge is 0.506 e. The number of para-hydroxylation sites is 2. The van der Waals surface area contributed by atoms with E-state index in [4.69, 9.17) is 0 Å². The van der Waals surface area contributed by atoms with Gasteiger partial charge in [0.05, 0.1) is 17.5 Å². The molecule has 0 aliphatic carbocycles. The maximum atomic E-state index is 9.80. The van der Waals surface area contributed by atoms with Crippen LogP contribution in [0, 0.1) is 0 Å². The molecule has 0 radical (unpaired) electrons. The number of benzene rings is 1. The molecule has 0 saturated heterocycles. The molecule has 0 atom stereocenters. The van der Waals surface area contributed by atoms with Crippen LogP contribution in [-0.4, -0.2) is 30.8 Å². The first-order valence-corrected chi connectivity index (χ1v) is 5.38. The maximum absolute atomic E-state index is 9.80. The highest BCUT2D eigenvalue weighted by molar-refractivity contribution is 5.45. The second-order valence-corrected chi connectivity index (χ2v) is 4.62. The van der Waals surface area contributed by atoms with Gasteiger partial charge in [-0.15, -0.1) is 5.10 Å². The number of hydrogen-bond donors (Lipinski definition) is 2. The van der Waals surface area contributed by atoms with Gasteiger partial charge in [-0.2, -0.15) is 0 Å². The summed E-state index contributed by atoms with van der Waals surface area (Å²) in [7, 11) is 0. The van der Waals surface area contributed by atoms with Crippen LogP contribution >= 0.6 is 0 Å². The number of nitrogens with zero attached hydrogens (tertiary/aromatic N) is 3. The molecule has 0 spiro atoms. The van der Waals surface area contributed by atoms with Crippen LogP contribution in [0.2, 0.25) is 0 Å². The van der Waals surface area contributed by atoms with Crippen LogP contribution in [0.4, 0.5) is 0 Å². The van der Waals surface area contributed by atoms with E-state index in [1.165, 1.54) is 4.68 Å². The smallest absolute Gasteiger partial charge is 0.141 e. The van der Waals surface area contributed by atoms with Gasteiger partial charge < -0.3 is 10.2 Å². The molecule has 0 aliphatic heterocycles. The standard InChI is InChI=1S/C12H15N3O2/c1-12(2,17)7-9-8-13-14-15(9)10-5-3-4-6-11(10)16/h3-6,8,16-17H,7H2,1-2H3. The van der Waals surface area contributed by atoms with Gasteiger partial charge in [-0.25, -0.2) is 4.68 Å². The second-order valence-electron chi connectivity index (χ2n) is 4.62. The van der Waals surface area contributed by atoms with Gasteiger partial charge in [0.1, 0.15) is 11.4 Å². The van der Waals surface area contributed by atoms with Crippen molar-refractivity contribution in [1.82, 2.24) is 15.0 Å². The molecule has 2 N–H and O–H groups in total. The lowest BCUT2D eigenvalue weighted by Crippen LogP contribution is -2.23. The van der Waals surface area contributed by atoms with Gasteiger partial charge >= 0.3 is 0 Å². The normalized spacial score (nSPS) is 11.7. The molecule has 17 heavy (non-hydrogen) atoms. The summed E-state index contributed by atoms with van der Waals surface area (Å²) in [4.78, 5) is 0. The maximum Gasteiger partial charge on any atom is 0.141 e. The molecule has 1 aromatic heterocycles. The van der Waals surface area contributed by atoms with Crippen LogP contribution < -0.4 is 0 Å². The predicted molar refractivity (Wildman–Crippen MR) is 63.0 cm³/mol. The molecule has 1 heterocycles. The van der Waals surface area contributed by atoms with Crippen LogP contribution in [-0.2, 0) is 6.42 Å². The third kappa shape index (κ3) is 2.62. The summed E-state index contributed by atoms with van der Waals surface area (Å²) in [5, 5.41) is 27.3. The Morgan fingerprint density at radius 2 is 2.00 bits per heavy atom. The van der Waals surface area contributed by atoms with E-state index in [2.05, 4.69) is 10.3 Å². The molecule has 2 aromatic rings. The Kier molecular flexibility index (Phi) is 2.85. The summed E-state index contributed by atoms with van der Waals surface area (Å²) < 4.78 is 1.54. The molecule has 0 unspecified atom stereocenters. The van der Waals surface area contributed by atoms with Gasteiger partial charge in [-0.05, 0) is 26.0 Å². The monoisotopic (exact) mass is 233 g/mol. The van der Waals surface area contributed by atoms with Gasteiger partial charge in [-0.3, -0.25) is 0 Å². The van der Waals surface area contributed by atoms with E-state index in [0.717, 1.165) is 5.69 Å². The third-order valence-corrected chi connectivity index (χ3v) is 2.34. The first kappa shape index (κ1) is 11.6. The van der Waals surface area contributed by atoms with Crippen LogP contribution in [0.5, 0.6) is 5.75 Å². The molecule has 5 nitrogen and oxygen atoms in total. The first-order chi connectivity index (χ1) is 7.97. The fourth-order valence-electron chi connectivity index (χ4n) is 1.67. The number of rotatable bonds is 3. The Hall–Kier alpha value is -1.88. The molecule has 1 aromatic carbocycles. The lowest BCUT2D eigenvalue weighted by Gasteiger charge is -2.17. The molecule has 0 amide bonds. The zero-order valence-corrected chi connectivity index (χ0v) is 9.83. The van der Waals surface area contributed by atoms with Crippen LogP contribution in [0.1, 0.15) is 19.5 Å². The molecule has 5 heteroatoms. The minimum atomic E-state index is -0.843. The van der Waals surface area contributed by atoms with Crippen molar-refractivity contribution in [2.24, 2.45) is 0 Å². The molecule has 0 aliphatic rings. The van der Waals surface area contributed by atoms with Crippen molar-refractivity contribution in [3.63, 3.8) is 0 Å². The number of phenols is 1. The van der Waals surface area contributed by atoms with E-state index in [1.54, 1.807) is 38.2 Å². The average Bonchev–Trinajstić information content (AvgIpc) is 2.64. The van der Waals surface area contributed by atoms with Gasteiger partial charge in [0.2, 0.25) is 0 Å². The number of aromatic hydroxyl groups is 1. The van der Waals surface area contributed by atoms with Crippen molar-refractivity contribution >= 4 is 0 Å². The van der Waals surface area contributed by atoms with E-state index in [0.29, 0.717) is 12.1 Å². The topological polar surface area (TPSA) is 71.2 Å². The number of hydrogen-bond acceptors (Lipinski definition) is 4. The predicted octanol–water partition coefficient (Wildman–Crippen LogP) is 1.29. The SMILES string of the molecule is CC(C)(O)Cc1cnnn1-c1ccccc1O. The summed E-state index contributed by atoms with van der Waals surface area (Å²) in [6.07, 6.45) is 2.00. The fourth-order valence-corrected chi connectivity index (χ4v) is 1.67. The van der Waals surface area contributed by atoms with E-state index in [-0.39, 0.29) is 5.75 Å². The van der Waals surface area contributed by atoms with E-state index in [1.807, 2.05) is 6.07 Å². The molecule has 2 rings (SSSR count). The summed E-state index contributed by atoms with van der Waals surface area (Å²) in [6, 6.07) is 6.89. The van der Waals surface area contributed by atoms with Crippen molar-refractivity contribution in [3.05, 3.63) is 36.2 Å². The number of aromatic nitrogens is 3. The van der Waals surface area contributed by atoms with Gasteiger partial charge in [0.15, 0.2) is 0 Å². The highest BCUT2D eigenvalue weighted by Gasteiger charge is 2.18. The molecular weight excluding hydrogens is 218 g/mol. The number of phenolic OH excluding ortho intramolecular Hbond substituents is 1. The Morgan fingerprint density at radius 1 is 1.29 bits per heavy atom. The Morgan fingerprint density at radius 3 is 2.65 bits per heavy atom. The Labute approximate surface area is 99.3 Å². The van der Waals surface area contributed by atoms with Crippen molar-refractivity contribution < 1.29 is 10.2 Å². The summed E-state index contributed by atoms with van der Waals surface area (Å²) >= 11 is 0.